The van der Waals surface area contributed by atoms with Gasteiger partial charge >= 0.3 is 0 Å². The van der Waals surface area contributed by atoms with Gasteiger partial charge in [-0.3, -0.25) is 4.99 Å². The number of guanidine groups is 1. The average Bonchev–Trinajstić information content (AvgIpc) is 2.05. The van der Waals surface area contributed by atoms with Crippen LogP contribution in [0.1, 0.15) is 0 Å². The van der Waals surface area contributed by atoms with Crippen LogP contribution in [0, 0.1) is 0 Å². The van der Waals surface area contributed by atoms with E-state index in [-0.39, 0.29) is 6.54 Å². The maximum Gasteiger partial charge on any atom is 0.265 e. The zero-order chi connectivity index (χ0) is 9.56. The van der Waals surface area contributed by atoms with Gasteiger partial charge in [0.25, 0.3) is 6.43 Å². The lowest BCUT2D eigenvalue weighted by atomic mass is 10.4. The molecule has 0 saturated carbocycles. The van der Waals surface area contributed by atoms with Crippen molar-refractivity contribution in [3.8, 4) is 0 Å². The maximum absolute atomic E-state index is 11.7. The van der Waals surface area contributed by atoms with Crippen molar-refractivity contribution in [2.45, 2.75) is 12.5 Å². The summed E-state index contributed by atoms with van der Waals surface area (Å²) in [5, 5.41) is 13.8. The summed E-state index contributed by atoms with van der Waals surface area (Å²) >= 11 is 0. The molecule has 0 saturated heterocycles. The Labute approximate surface area is 69.7 Å². The molecule has 0 amide bonds. The number of hydrogen-bond acceptors (Lipinski definition) is 2. The molecule has 0 fully saturated rings. The van der Waals surface area contributed by atoms with Crippen LogP contribution >= 0.6 is 0 Å². The zero-order valence-corrected chi connectivity index (χ0v) is 7.01. The highest BCUT2D eigenvalue weighted by atomic mass is 19.3. The molecule has 72 valence electrons. The first kappa shape index (κ1) is 11.1. The van der Waals surface area contributed by atoms with Crippen LogP contribution in [0.25, 0.3) is 0 Å². The van der Waals surface area contributed by atoms with Crippen molar-refractivity contribution in [2.24, 2.45) is 4.99 Å². The van der Waals surface area contributed by atoms with E-state index in [4.69, 9.17) is 5.11 Å². The summed E-state index contributed by atoms with van der Waals surface area (Å²) in [7, 11) is 3.11. The van der Waals surface area contributed by atoms with Gasteiger partial charge < -0.3 is 15.7 Å². The van der Waals surface area contributed by atoms with Crippen LogP contribution in [0.3, 0.4) is 0 Å². The second kappa shape index (κ2) is 5.70. The Hall–Kier alpha value is -0.910. The number of alkyl halides is 2. The molecule has 3 N–H and O–H groups in total. The number of nitrogens with zero attached hydrogens (tertiary/aromatic N) is 1. The number of rotatable bonds is 3. The van der Waals surface area contributed by atoms with Gasteiger partial charge in [-0.25, -0.2) is 8.78 Å². The van der Waals surface area contributed by atoms with Crippen molar-refractivity contribution < 1.29 is 13.9 Å². The molecule has 0 rings (SSSR count). The van der Waals surface area contributed by atoms with E-state index in [0.717, 1.165) is 0 Å². The summed E-state index contributed by atoms with van der Waals surface area (Å²) in [5.74, 6) is 0.370. The lowest BCUT2D eigenvalue weighted by molar-refractivity contribution is -0.000991. The molecule has 0 aromatic rings. The van der Waals surface area contributed by atoms with E-state index in [1.54, 1.807) is 7.05 Å². The smallest absolute Gasteiger partial charge is 0.265 e. The fourth-order valence-corrected chi connectivity index (χ4v) is 0.570. The topological polar surface area (TPSA) is 56.7 Å². The van der Waals surface area contributed by atoms with Gasteiger partial charge in [-0.1, -0.05) is 0 Å². The molecule has 4 nitrogen and oxygen atoms in total. The second-order valence-corrected chi connectivity index (χ2v) is 2.10. The lowest BCUT2D eigenvalue weighted by Gasteiger charge is -2.12. The minimum atomic E-state index is -2.73. The maximum atomic E-state index is 11.7. The largest absolute Gasteiger partial charge is 0.385 e. The van der Waals surface area contributed by atoms with E-state index < -0.39 is 12.5 Å². The Morgan fingerprint density at radius 1 is 1.58 bits per heavy atom. The molecule has 12 heavy (non-hydrogen) atoms. The lowest BCUT2D eigenvalue weighted by Crippen LogP contribution is -2.41. The van der Waals surface area contributed by atoms with Gasteiger partial charge in [-0.05, 0) is 0 Å². The SMILES string of the molecule is CN=C(NC)NCC(O)C(F)F. The number of nitrogens with one attached hydrogen (secondary N) is 2. The molecule has 0 bridgehead atoms. The fraction of sp³-hybridized carbons (Fsp3) is 0.833. The van der Waals surface area contributed by atoms with Crippen LogP contribution in [0.2, 0.25) is 0 Å². The van der Waals surface area contributed by atoms with E-state index >= 15 is 0 Å². The van der Waals surface area contributed by atoms with Crippen molar-refractivity contribution in [3.63, 3.8) is 0 Å². The van der Waals surface area contributed by atoms with Gasteiger partial charge in [-0.2, -0.15) is 0 Å². The molecular formula is C6H13F2N3O. The molecule has 0 aromatic heterocycles. The molecule has 1 atom stereocenters. The fourth-order valence-electron chi connectivity index (χ4n) is 0.570. The number of hydrogen-bond donors (Lipinski definition) is 3. The molecule has 0 aliphatic heterocycles. The summed E-state index contributed by atoms with van der Waals surface area (Å²) in [6.07, 6.45) is -4.39. The molecule has 0 aromatic carbocycles. The van der Waals surface area contributed by atoms with E-state index in [1.165, 1.54) is 7.05 Å². The van der Waals surface area contributed by atoms with Crippen molar-refractivity contribution in [3.05, 3.63) is 0 Å². The van der Waals surface area contributed by atoms with Gasteiger partial charge in [-0.15, -0.1) is 0 Å². The summed E-state index contributed by atoms with van der Waals surface area (Å²) < 4.78 is 23.5. The van der Waals surface area contributed by atoms with Crippen LogP contribution in [0.4, 0.5) is 8.78 Å². The average molecular weight is 181 g/mol. The van der Waals surface area contributed by atoms with Gasteiger partial charge in [0, 0.05) is 20.6 Å². The van der Waals surface area contributed by atoms with E-state index in [9.17, 15) is 8.78 Å². The Morgan fingerprint density at radius 3 is 2.50 bits per heavy atom. The Bertz CT molecular complexity index is 152. The number of aliphatic hydroxyl groups excluding tert-OH is 1. The Balaban J connectivity index is 3.67. The molecule has 1 unspecified atom stereocenters. The normalized spacial score (nSPS) is 14.7. The van der Waals surface area contributed by atoms with Crippen molar-refractivity contribution in [1.82, 2.24) is 10.6 Å². The first-order valence-electron chi connectivity index (χ1n) is 3.46. The van der Waals surface area contributed by atoms with Crippen molar-refractivity contribution in [1.29, 1.82) is 0 Å². The second-order valence-electron chi connectivity index (χ2n) is 2.10. The Morgan fingerprint density at radius 2 is 2.17 bits per heavy atom. The standard InChI is InChI=1S/C6H13F2N3O/c1-9-6(10-2)11-3-4(12)5(7)8/h4-5,12H,3H2,1-2H3,(H2,9,10,11). The predicted octanol–water partition coefficient (Wildman–Crippen LogP) is -0.593. The highest BCUT2D eigenvalue weighted by Crippen LogP contribution is 1.97. The molecule has 0 aliphatic carbocycles. The minimum absolute atomic E-state index is 0.217. The summed E-state index contributed by atoms with van der Waals surface area (Å²) in [6, 6.07) is 0. The zero-order valence-electron chi connectivity index (χ0n) is 7.01. The van der Waals surface area contributed by atoms with E-state index in [0.29, 0.717) is 5.96 Å². The third-order valence-corrected chi connectivity index (χ3v) is 1.23. The monoisotopic (exact) mass is 181 g/mol. The molecule has 0 spiro atoms. The molecule has 0 radical (unpaired) electrons. The third kappa shape index (κ3) is 4.07. The van der Waals surface area contributed by atoms with Gasteiger partial charge in [0.15, 0.2) is 5.96 Å². The summed E-state index contributed by atoms with van der Waals surface area (Å²) in [4.78, 5) is 3.68. The van der Waals surface area contributed by atoms with Crippen molar-refractivity contribution >= 4 is 5.96 Å². The van der Waals surface area contributed by atoms with Gasteiger partial charge in [0.1, 0.15) is 6.10 Å². The van der Waals surface area contributed by atoms with E-state index in [1.807, 2.05) is 0 Å². The Kier molecular flexibility index (Phi) is 5.27. The molecule has 0 heterocycles. The first-order valence-corrected chi connectivity index (χ1v) is 3.46. The highest BCUT2D eigenvalue weighted by molar-refractivity contribution is 5.79. The van der Waals surface area contributed by atoms with Crippen LogP contribution in [0.15, 0.2) is 4.99 Å². The van der Waals surface area contributed by atoms with Crippen LogP contribution < -0.4 is 10.6 Å². The number of aliphatic imine (C=N–C) groups is 1. The molecular weight excluding hydrogens is 168 g/mol. The number of halogens is 2. The van der Waals surface area contributed by atoms with E-state index in [2.05, 4.69) is 15.6 Å². The van der Waals surface area contributed by atoms with Crippen LogP contribution in [-0.4, -0.2) is 44.2 Å². The highest BCUT2D eigenvalue weighted by Gasteiger charge is 2.16. The third-order valence-electron chi connectivity index (χ3n) is 1.23. The molecule has 6 heteroatoms. The molecule has 0 aliphatic rings. The van der Waals surface area contributed by atoms with Gasteiger partial charge in [0.05, 0.1) is 0 Å². The summed E-state index contributed by atoms with van der Waals surface area (Å²) in [5.41, 5.74) is 0. The summed E-state index contributed by atoms with van der Waals surface area (Å²) in [6.45, 7) is -0.217. The number of aliphatic hydroxyl groups is 1. The van der Waals surface area contributed by atoms with Gasteiger partial charge in [0.2, 0.25) is 0 Å². The van der Waals surface area contributed by atoms with Crippen LogP contribution in [-0.2, 0) is 0 Å². The van der Waals surface area contributed by atoms with Crippen molar-refractivity contribution in [2.75, 3.05) is 20.6 Å². The predicted molar refractivity (Wildman–Crippen MR) is 42.4 cm³/mol. The first-order chi connectivity index (χ1) is 5.61. The minimum Gasteiger partial charge on any atom is -0.385 e. The van der Waals surface area contributed by atoms with Crippen LogP contribution in [0.5, 0.6) is 0 Å². The quantitative estimate of drug-likeness (QED) is 0.403.